The van der Waals surface area contributed by atoms with Gasteiger partial charge in [0.25, 0.3) is 0 Å². The SMILES string of the molecule is COc1cc(O)c(C(N)N(C(=N)CO)C2CCC(O)CC2)cc1C(C)C. The molecule has 1 aromatic rings. The highest BCUT2D eigenvalue weighted by atomic mass is 16.5. The Labute approximate surface area is 154 Å². The predicted octanol–water partition coefficient (Wildman–Crippen LogP) is 2.06. The van der Waals surface area contributed by atoms with E-state index in [2.05, 4.69) is 0 Å². The van der Waals surface area contributed by atoms with E-state index in [0.717, 1.165) is 5.56 Å². The van der Waals surface area contributed by atoms with E-state index >= 15 is 0 Å². The van der Waals surface area contributed by atoms with Crippen LogP contribution in [0.15, 0.2) is 12.1 Å². The summed E-state index contributed by atoms with van der Waals surface area (Å²) in [5, 5.41) is 37.9. The van der Waals surface area contributed by atoms with Crippen LogP contribution in [0.1, 0.15) is 62.7 Å². The maximum Gasteiger partial charge on any atom is 0.126 e. The normalized spacial score (nSPS) is 21.5. The highest BCUT2D eigenvalue weighted by Gasteiger charge is 2.32. The number of aliphatic hydroxyl groups is 2. The summed E-state index contributed by atoms with van der Waals surface area (Å²) in [7, 11) is 1.56. The first kappa shape index (κ1) is 20.5. The number of phenols is 1. The lowest BCUT2D eigenvalue weighted by atomic mass is 9.90. The standard InChI is InChI=1S/C19H31N3O4/c1-11(2)14-8-15(16(25)9-17(14)26-3)19(21)22(18(20)10-23)12-4-6-13(24)7-5-12/h8-9,11-13,19-20,23-25H,4-7,10,21H2,1-3H3. The molecule has 7 heteroatoms. The van der Waals surface area contributed by atoms with Crippen molar-refractivity contribution in [2.45, 2.75) is 63.8 Å². The van der Waals surface area contributed by atoms with Crippen LogP contribution in [0.5, 0.6) is 11.5 Å². The molecule has 0 spiro atoms. The molecule has 0 heterocycles. The van der Waals surface area contributed by atoms with E-state index in [0.29, 0.717) is 37.0 Å². The zero-order chi connectivity index (χ0) is 19.4. The van der Waals surface area contributed by atoms with E-state index in [9.17, 15) is 15.3 Å². The van der Waals surface area contributed by atoms with Crippen molar-refractivity contribution in [1.29, 1.82) is 5.41 Å². The number of hydrogen-bond acceptors (Lipinski definition) is 6. The van der Waals surface area contributed by atoms with Crippen molar-refractivity contribution in [2.24, 2.45) is 5.73 Å². The summed E-state index contributed by atoms with van der Waals surface area (Å²) in [6.07, 6.45) is 1.56. The minimum Gasteiger partial charge on any atom is -0.507 e. The van der Waals surface area contributed by atoms with Gasteiger partial charge in [-0.15, -0.1) is 0 Å². The Morgan fingerprint density at radius 2 is 1.88 bits per heavy atom. The van der Waals surface area contributed by atoms with Crippen molar-refractivity contribution < 1.29 is 20.1 Å². The van der Waals surface area contributed by atoms with Crippen LogP contribution in [0.25, 0.3) is 0 Å². The lowest BCUT2D eigenvalue weighted by Gasteiger charge is -2.41. The molecule has 7 nitrogen and oxygen atoms in total. The summed E-state index contributed by atoms with van der Waals surface area (Å²) in [4.78, 5) is 1.66. The van der Waals surface area contributed by atoms with Crippen molar-refractivity contribution >= 4 is 5.84 Å². The van der Waals surface area contributed by atoms with E-state index in [1.54, 1.807) is 18.1 Å². The molecule has 146 valence electrons. The van der Waals surface area contributed by atoms with Gasteiger partial charge in [0.05, 0.1) is 13.2 Å². The van der Waals surface area contributed by atoms with Crippen LogP contribution < -0.4 is 10.5 Å². The molecule has 0 aromatic heterocycles. The quantitative estimate of drug-likeness (QED) is 0.299. The third-order valence-electron chi connectivity index (χ3n) is 5.14. The molecular formula is C19H31N3O4. The summed E-state index contributed by atoms with van der Waals surface area (Å²) in [6.45, 7) is 3.63. The van der Waals surface area contributed by atoms with Gasteiger partial charge in [-0.1, -0.05) is 13.8 Å². The van der Waals surface area contributed by atoms with Crippen LogP contribution in [0.2, 0.25) is 0 Å². The van der Waals surface area contributed by atoms with Gasteiger partial charge in [0.2, 0.25) is 0 Å². The number of benzene rings is 1. The highest BCUT2D eigenvalue weighted by Crippen LogP contribution is 2.37. The fourth-order valence-electron chi connectivity index (χ4n) is 3.65. The molecule has 1 aliphatic carbocycles. The first-order chi connectivity index (χ1) is 12.3. The molecule has 1 aliphatic rings. The summed E-state index contributed by atoms with van der Waals surface area (Å²) in [6, 6.07) is 3.31. The number of phenolic OH excluding ortho intramolecular Hbond substituents is 1. The van der Waals surface area contributed by atoms with Crippen LogP contribution in [0.3, 0.4) is 0 Å². The Bertz CT molecular complexity index is 627. The molecule has 1 unspecified atom stereocenters. The summed E-state index contributed by atoms with van der Waals surface area (Å²) in [5.41, 5.74) is 7.87. The molecule has 0 bridgehead atoms. The molecule has 1 atom stereocenters. The first-order valence-electron chi connectivity index (χ1n) is 9.11. The molecule has 2 rings (SSSR count). The van der Waals surface area contributed by atoms with Gasteiger partial charge < -0.3 is 30.7 Å². The van der Waals surface area contributed by atoms with Crippen molar-refractivity contribution in [1.82, 2.24) is 4.90 Å². The van der Waals surface area contributed by atoms with Gasteiger partial charge in [0.15, 0.2) is 0 Å². The number of methoxy groups -OCH3 is 1. The van der Waals surface area contributed by atoms with Crippen LogP contribution in [0, 0.1) is 5.41 Å². The fraction of sp³-hybridized carbons (Fsp3) is 0.632. The molecular weight excluding hydrogens is 334 g/mol. The monoisotopic (exact) mass is 365 g/mol. The number of nitrogens with two attached hydrogens (primary N) is 1. The number of amidine groups is 1. The van der Waals surface area contributed by atoms with Gasteiger partial charge >= 0.3 is 0 Å². The summed E-state index contributed by atoms with van der Waals surface area (Å²) >= 11 is 0. The topological polar surface area (TPSA) is 123 Å². The van der Waals surface area contributed by atoms with Crippen LogP contribution in [-0.2, 0) is 0 Å². The maximum absolute atomic E-state index is 10.5. The van der Waals surface area contributed by atoms with E-state index < -0.39 is 12.8 Å². The second-order valence-corrected chi connectivity index (χ2v) is 7.23. The minimum absolute atomic E-state index is 0.00494. The molecule has 0 radical (unpaired) electrons. The van der Waals surface area contributed by atoms with Gasteiger partial charge in [-0.3, -0.25) is 5.41 Å². The van der Waals surface area contributed by atoms with Gasteiger partial charge in [-0.05, 0) is 43.2 Å². The number of nitrogens with zero attached hydrogens (tertiary/aromatic N) is 1. The lowest BCUT2D eigenvalue weighted by molar-refractivity contribution is 0.0828. The van der Waals surface area contributed by atoms with Gasteiger partial charge in [0.1, 0.15) is 30.1 Å². The molecule has 1 fully saturated rings. The molecule has 1 saturated carbocycles. The second kappa shape index (κ2) is 8.70. The number of aliphatic hydroxyl groups excluding tert-OH is 2. The molecule has 0 saturated heterocycles. The summed E-state index contributed by atoms with van der Waals surface area (Å²) < 4.78 is 5.35. The Morgan fingerprint density at radius 3 is 2.38 bits per heavy atom. The average molecular weight is 365 g/mol. The van der Waals surface area contributed by atoms with Crippen molar-refractivity contribution in [2.75, 3.05) is 13.7 Å². The maximum atomic E-state index is 10.5. The molecule has 0 amide bonds. The van der Waals surface area contributed by atoms with Crippen molar-refractivity contribution in [3.63, 3.8) is 0 Å². The van der Waals surface area contributed by atoms with Crippen molar-refractivity contribution in [3.8, 4) is 11.5 Å². The second-order valence-electron chi connectivity index (χ2n) is 7.23. The van der Waals surface area contributed by atoms with Gasteiger partial charge in [-0.2, -0.15) is 0 Å². The number of hydrogen-bond donors (Lipinski definition) is 5. The fourth-order valence-corrected chi connectivity index (χ4v) is 3.65. The largest absolute Gasteiger partial charge is 0.507 e. The highest BCUT2D eigenvalue weighted by molar-refractivity contribution is 5.81. The third-order valence-corrected chi connectivity index (χ3v) is 5.14. The zero-order valence-corrected chi connectivity index (χ0v) is 15.8. The molecule has 0 aliphatic heterocycles. The number of ether oxygens (including phenoxy) is 1. The number of rotatable bonds is 6. The van der Waals surface area contributed by atoms with Crippen LogP contribution >= 0.6 is 0 Å². The number of nitrogens with one attached hydrogen (secondary N) is 1. The Hall–Kier alpha value is -1.83. The third kappa shape index (κ3) is 4.28. The molecule has 6 N–H and O–H groups in total. The van der Waals surface area contributed by atoms with E-state index in [4.69, 9.17) is 15.9 Å². The molecule has 1 aromatic carbocycles. The Morgan fingerprint density at radius 1 is 1.27 bits per heavy atom. The zero-order valence-electron chi connectivity index (χ0n) is 15.8. The van der Waals surface area contributed by atoms with Gasteiger partial charge in [0, 0.05) is 17.7 Å². The Balaban J connectivity index is 2.40. The smallest absolute Gasteiger partial charge is 0.126 e. The molecule has 26 heavy (non-hydrogen) atoms. The van der Waals surface area contributed by atoms with Crippen LogP contribution in [0.4, 0.5) is 0 Å². The number of aromatic hydroxyl groups is 1. The predicted molar refractivity (Wildman–Crippen MR) is 101 cm³/mol. The lowest BCUT2D eigenvalue weighted by Crippen LogP contribution is -2.49. The van der Waals surface area contributed by atoms with Crippen LogP contribution in [-0.4, -0.2) is 51.9 Å². The average Bonchev–Trinajstić information content (AvgIpc) is 2.62. The van der Waals surface area contributed by atoms with E-state index in [1.165, 1.54) is 0 Å². The summed E-state index contributed by atoms with van der Waals surface area (Å²) in [5.74, 6) is 0.788. The first-order valence-corrected chi connectivity index (χ1v) is 9.11. The Kier molecular flexibility index (Phi) is 6.86. The minimum atomic E-state index is -0.765. The van der Waals surface area contributed by atoms with E-state index in [-0.39, 0.29) is 29.6 Å². The van der Waals surface area contributed by atoms with Crippen molar-refractivity contribution in [3.05, 3.63) is 23.3 Å². The van der Waals surface area contributed by atoms with E-state index in [1.807, 2.05) is 19.9 Å². The van der Waals surface area contributed by atoms with Gasteiger partial charge in [-0.25, -0.2) is 0 Å².